The van der Waals surface area contributed by atoms with Crippen molar-refractivity contribution in [1.82, 2.24) is 9.55 Å². The maximum Gasteiger partial charge on any atom is 0.137 e. The summed E-state index contributed by atoms with van der Waals surface area (Å²) in [6.45, 7) is 21.3. The van der Waals surface area contributed by atoms with Gasteiger partial charge in [-0.05, 0) is 143 Å². The number of benzene rings is 10. The molecule has 0 bridgehead atoms. The van der Waals surface area contributed by atoms with Crippen molar-refractivity contribution in [2.45, 2.75) is 84.0 Å². The second-order valence-electron chi connectivity index (χ2n) is 26.4. The molecule has 1 spiro atoms. The summed E-state index contributed by atoms with van der Waals surface area (Å²) in [7, 11) is 0. The number of pyridine rings is 1. The summed E-state index contributed by atoms with van der Waals surface area (Å²) >= 11 is 0. The van der Waals surface area contributed by atoms with Crippen LogP contribution in [0, 0.1) is 0 Å². The first-order chi connectivity index (χ1) is 40.6. The zero-order chi connectivity index (χ0) is 57.4. The summed E-state index contributed by atoms with van der Waals surface area (Å²) in [5, 5.41) is 2.37. The van der Waals surface area contributed by atoms with Gasteiger partial charge in [-0.1, -0.05) is 226 Å². The van der Waals surface area contributed by atoms with Gasteiger partial charge in [0.2, 0.25) is 0 Å². The fourth-order valence-electron chi connectivity index (χ4n) is 14.0. The number of ether oxygens (including phenoxy) is 1. The van der Waals surface area contributed by atoms with Gasteiger partial charge in [0, 0.05) is 45.9 Å². The highest BCUT2D eigenvalue weighted by molar-refractivity contribution is 6.19. The lowest BCUT2D eigenvalue weighted by Gasteiger charge is -2.30. The molecule has 0 saturated carbocycles. The van der Waals surface area contributed by atoms with Crippen molar-refractivity contribution in [1.29, 1.82) is 0 Å². The van der Waals surface area contributed by atoms with Crippen LogP contribution < -0.4 is 14.5 Å². The summed E-state index contributed by atoms with van der Waals surface area (Å²) in [5.74, 6) is 2.39. The van der Waals surface area contributed by atoms with E-state index in [-0.39, 0.29) is 16.2 Å². The lowest BCUT2D eigenvalue weighted by Crippen LogP contribution is -2.25. The van der Waals surface area contributed by atoms with Gasteiger partial charge in [0.1, 0.15) is 24.0 Å². The Labute approximate surface area is 494 Å². The Balaban J connectivity index is 0.861. The fourth-order valence-corrected chi connectivity index (χ4v) is 14.0. The van der Waals surface area contributed by atoms with Crippen LogP contribution in [0.5, 0.6) is 11.5 Å². The van der Waals surface area contributed by atoms with Crippen LogP contribution in [-0.4, -0.2) is 16.2 Å². The minimum atomic E-state index is -0.463. The molecule has 15 rings (SSSR count). The molecular formula is C79H68N4O. The third kappa shape index (κ3) is 7.92. The van der Waals surface area contributed by atoms with Gasteiger partial charge >= 0.3 is 0 Å². The minimum Gasteiger partial charge on any atom is -0.457 e. The molecule has 1 aliphatic heterocycles. The van der Waals surface area contributed by atoms with Crippen LogP contribution in [0.15, 0.2) is 237 Å². The Morgan fingerprint density at radius 1 is 0.405 bits per heavy atom. The van der Waals surface area contributed by atoms with Crippen molar-refractivity contribution in [3.8, 4) is 61.8 Å². The molecule has 2 aromatic heterocycles. The topological polar surface area (TPSA) is 33.5 Å². The second-order valence-corrected chi connectivity index (χ2v) is 26.4. The van der Waals surface area contributed by atoms with E-state index >= 15 is 0 Å². The number of para-hydroxylation sites is 3. The first-order valence-electron chi connectivity index (χ1n) is 29.7. The molecule has 5 nitrogen and oxygen atoms in total. The molecule has 0 radical (unpaired) electrons. The smallest absolute Gasteiger partial charge is 0.137 e. The zero-order valence-electron chi connectivity index (χ0n) is 49.4. The molecule has 2 aliphatic carbocycles. The van der Waals surface area contributed by atoms with E-state index in [9.17, 15) is 0 Å². The van der Waals surface area contributed by atoms with E-state index in [2.05, 4.69) is 307 Å². The highest BCUT2D eigenvalue weighted by atomic mass is 16.5. The van der Waals surface area contributed by atoms with Crippen LogP contribution in [0.2, 0.25) is 0 Å². The van der Waals surface area contributed by atoms with Gasteiger partial charge in [-0.3, -0.25) is 4.57 Å². The average Bonchev–Trinajstić information content (AvgIpc) is 1.56. The molecule has 0 unspecified atom stereocenters. The molecule has 3 aliphatic rings. The molecule has 0 saturated heterocycles. The number of hydrogen-bond acceptors (Lipinski definition) is 4. The van der Waals surface area contributed by atoms with E-state index in [4.69, 9.17) is 9.72 Å². The number of rotatable bonds is 7. The van der Waals surface area contributed by atoms with Gasteiger partial charge in [0.15, 0.2) is 0 Å². The number of anilines is 4. The van der Waals surface area contributed by atoms with Crippen LogP contribution in [0.25, 0.3) is 72.1 Å². The van der Waals surface area contributed by atoms with Gasteiger partial charge < -0.3 is 14.5 Å². The molecule has 0 N–H and O–H groups in total. The van der Waals surface area contributed by atoms with Crippen molar-refractivity contribution < 1.29 is 4.74 Å². The van der Waals surface area contributed by atoms with Gasteiger partial charge in [0.25, 0.3) is 0 Å². The summed E-state index contributed by atoms with van der Waals surface area (Å²) < 4.78 is 9.48. The Hall–Kier alpha value is -9.45. The predicted molar refractivity (Wildman–Crippen MR) is 350 cm³/mol. The third-order valence-corrected chi connectivity index (χ3v) is 18.2. The Bertz CT molecular complexity index is 4560. The maximum atomic E-state index is 7.11. The highest BCUT2D eigenvalue weighted by Gasteiger charge is 2.52. The molecule has 3 heterocycles. The lowest BCUT2D eigenvalue weighted by molar-refractivity contribution is 0.483. The standard InChI is InChI=1S/C79H68N4O/c1-76(2,3)52-41-42-80-72(46-52)83-70-40-39-67-73(62-29-15-18-34-66(62)79(67)64-32-16-13-27-60(64)61-28-14-17-33-65(61)79)74(70)63-38-37-57(48-71(63)83)84-56-26-21-25-55(47-56)81-49-82(69-36-20-19-35-68(69)81)75-58(50-23-11-10-12-24-50)30-22-31-59(75)51-43-53(77(4,5)6)45-54(44-51)78(7,8)9/h10-48H,49H2,1-9H3. The summed E-state index contributed by atoms with van der Waals surface area (Å²) in [6, 6.07) is 85.5. The van der Waals surface area contributed by atoms with Gasteiger partial charge in [-0.25, -0.2) is 4.98 Å². The number of fused-ring (bicyclic) bond motifs is 15. The molecule has 0 atom stereocenters. The third-order valence-electron chi connectivity index (χ3n) is 18.2. The van der Waals surface area contributed by atoms with E-state index in [0.29, 0.717) is 6.67 Å². The molecule has 12 aromatic rings. The molecule has 10 aromatic carbocycles. The van der Waals surface area contributed by atoms with Crippen LogP contribution in [0.3, 0.4) is 0 Å². The van der Waals surface area contributed by atoms with Crippen LogP contribution in [0.4, 0.5) is 22.7 Å². The first-order valence-corrected chi connectivity index (χ1v) is 29.7. The van der Waals surface area contributed by atoms with E-state index < -0.39 is 5.41 Å². The number of nitrogens with zero attached hydrogens (tertiary/aromatic N) is 4. The maximum absolute atomic E-state index is 7.11. The number of aromatic nitrogens is 2. The lowest BCUT2D eigenvalue weighted by atomic mass is 9.70. The molecule has 0 amide bonds. The van der Waals surface area contributed by atoms with Crippen molar-refractivity contribution in [3.05, 3.63) is 276 Å². The Kier molecular flexibility index (Phi) is 11.5. The molecular weight excluding hydrogens is 1020 g/mol. The van der Waals surface area contributed by atoms with E-state index in [1.54, 1.807) is 0 Å². The fraction of sp³-hybridized carbons (Fsp3) is 0.177. The SMILES string of the molecule is CC(C)(C)c1cc(-c2cccc(-c3ccccc3)c2N2CN(c3cccc(Oc4ccc5c6c7c(ccc6n(-c6cc(C(C)(C)C)ccn6)c5c4)C4(c5ccccc5-c5ccccc54)c4ccccc4-7)c3)c3ccccc32)cc(C(C)(C)C)c1. The van der Waals surface area contributed by atoms with E-state index in [1.807, 2.05) is 6.20 Å². The average molecular weight is 1090 g/mol. The van der Waals surface area contributed by atoms with Crippen LogP contribution in [-0.2, 0) is 21.7 Å². The summed E-state index contributed by atoms with van der Waals surface area (Å²) in [4.78, 5) is 10.1. The summed E-state index contributed by atoms with van der Waals surface area (Å²) in [6.07, 6.45) is 1.97. The Morgan fingerprint density at radius 2 is 0.964 bits per heavy atom. The molecule has 5 heteroatoms. The minimum absolute atomic E-state index is 0.0373. The van der Waals surface area contributed by atoms with Gasteiger partial charge in [-0.15, -0.1) is 0 Å². The van der Waals surface area contributed by atoms with Crippen LogP contribution in [0.1, 0.15) is 101 Å². The van der Waals surface area contributed by atoms with Crippen molar-refractivity contribution in [2.75, 3.05) is 16.5 Å². The van der Waals surface area contributed by atoms with Gasteiger partial charge in [-0.2, -0.15) is 0 Å². The van der Waals surface area contributed by atoms with Crippen LogP contribution >= 0.6 is 0 Å². The molecule has 410 valence electrons. The number of hydrogen-bond donors (Lipinski definition) is 0. The second kappa shape index (κ2) is 18.8. The molecule has 84 heavy (non-hydrogen) atoms. The van der Waals surface area contributed by atoms with E-state index in [1.165, 1.54) is 94.5 Å². The zero-order valence-corrected chi connectivity index (χ0v) is 49.4. The largest absolute Gasteiger partial charge is 0.457 e. The van der Waals surface area contributed by atoms with Crippen molar-refractivity contribution in [2.24, 2.45) is 0 Å². The summed E-state index contributed by atoms with van der Waals surface area (Å²) in [5.41, 5.74) is 25.2. The van der Waals surface area contributed by atoms with Crippen molar-refractivity contribution >= 4 is 44.6 Å². The predicted octanol–water partition coefficient (Wildman–Crippen LogP) is 20.8. The Morgan fingerprint density at radius 3 is 1.63 bits per heavy atom. The van der Waals surface area contributed by atoms with E-state index in [0.717, 1.165) is 50.8 Å². The molecule has 0 fully saturated rings. The quantitative estimate of drug-likeness (QED) is 0.159. The van der Waals surface area contributed by atoms with Gasteiger partial charge in [0.05, 0.1) is 33.5 Å². The monoisotopic (exact) mass is 1090 g/mol. The normalized spacial score (nSPS) is 14.0. The highest BCUT2D eigenvalue weighted by Crippen LogP contribution is 2.64. The van der Waals surface area contributed by atoms with Crippen molar-refractivity contribution in [3.63, 3.8) is 0 Å². The first kappa shape index (κ1) is 51.4.